The van der Waals surface area contributed by atoms with Crippen molar-refractivity contribution < 1.29 is 0 Å². The van der Waals surface area contributed by atoms with Crippen LogP contribution in [0.4, 0.5) is 0 Å². The lowest BCUT2D eigenvalue weighted by molar-refractivity contribution is 0.583. The van der Waals surface area contributed by atoms with Crippen LogP contribution in [0.5, 0.6) is 0 Å². The first-order chi connectivity index (χ1) is 47.4. The third-order valence-electron chi connectivity index (χ3n) is 20.3. The third kappa shape index (κ3) is 14.6. The number of benzene rings is 8. The normalized spacial score (nSPS) is 19.9. The molecule has 3 heteroatoms. The number of fused-ring (bicyclic) bond motifs is 5. The summed E-state index contributed by atoms with van der Waals surface area (Å²) in [6.07, 6.45) is 47.3. The highest BCUT2D eigenvalue weighted by Crippen LogP contribution is 2.49. The van der Waals surface area contributed by atoms with Crippen molar-refractivity contribution in [3.05, 3.63) is 334 Å². The zero-order valence-electron chi connectivity index (χ0n) is 57.4. The molecule has 482 valence electrons. The number of thiophene rings is 1. The van der Waals surface area contributed by atoms with E-state index < -0.39 is 5.41 Å². The van der Waals surface area contributed by atoms with Gasteiger partial charge in [-0.05, 0) is 218 Å². The van der Waals surface area contributed by atoms with E-state index in [1.807, 2.05) is 40.9 Å². The summed E-state index contributed by atoms with van der Waals surface area (Å²) in [5.41, 5.74) is 27.4. The SMILES string of the molecule is C#C\C=C/C(=C(\Cc1cccc(C2=CC(c3cccc(-c4cccc5c4SC/C=C\C=C/C5=C)c3)=CC(C)(c3cc(C4=CC(c5cccc6c5SC/C=C\CC(C)C6)CC=C4)cc(-c4cccc(-c5cccc6c5sc5ccccc56)c4)c3)C2)c1)C(C)CC)C(/C=C\C)=C(\C)CC. The van der Waals surface area contributed by atoms with E-state index in [1.54, 1.807) is 0 Å². The van der Waals surface area contributed by atoms with Gasteiger partial charge in [0.2, 0.25) is 0 Å². The Labute approximate surface area is 591 Å². The topological polar surface area (TPSA) is 0 Å². The first-order valence-electron chi connectivity index (χ1n) is 35.0. The van der Waals surface area contributed by atoms with E-state index in [1.165, 1.54) is 147 Å². The lowest BCUT2D eigenvalue weighted by Gasteiger charge is -2.34. The molecule has 0 amide bonds. The summed E-state index contributed by atoms with van der Waals surface area (Å²) < 4.78 is 2.65. The van der Waals surface area contributed by atoms with Crippen LogP contribution in [0.25, 0.3) is 75.8 Å². The molecule has 0 bridgehead atoms. The van der Waals surface area contributed by atoms with Crippen LogP contribution in [0, 0.1) is 24.2 Å². The van der Waals surface area contributed by atoms with Gasteiger partial charge in [-0.3, -0.25) is 0 Å². The summed E-state index contributed by atoms with van der Waals surface area (Å²) >= 11 is 5.81. The molecule has 2 aliphatic carbocycles. The Bertz CT molecular complexity index is 4920. The second-order valence-electron chi connectivity index (χ2n) is 27.1. The minimum Gasteiger partial charge on any atom is -0.135 e. The molecule has 4 atom stereocenters. The maximum absolute atomic E-state index is 6.01. The third-order valence-corrected chi connectivity index (χ3v) is 23.8. The lowest BCUT2D eigenvalue weighted by Crippen LogP contribution is -2.23. The molecule has 0 nitrogen and oxygen atoms in total. The maximum atomic E-state index is 6.01. The quantitative estimate of drug-likeness (QED) is 0.0537. The van der Waals surface area contributed by atoms with E-state index in [-0.39, 0.29) is 5.92 Å². The van der Waals surface area contributed by atoms with E-state index >= 15 is 0 Å². The Morgan fingerprint density at radius 2 is 1.37 bits per heavy atom. The van der Waals surface area contributed by atoms with Gasteiger partial charge in [0, 0.05) is 52.8 Å². The minimum absolute atomic E-state index is 0.241. The molecule has 3 heterocycles. The Hall–Kier alpha value is -8.88. The van der Waals surface area contributed by atoms with Crippen LogP contribution >= 0.6 is 34.9 Å². The van der Waals surface area contributed by atoms with E-state index in [9.17, 15) is 0 Å². The van der Waals surface area contributed by atoms with Gasteiger partial charge in [-0.25, -0.2) is 0 Å². The fourth-order valence-electron chi connectivity index (χ4n) is 14.8. The van der Waals surface area contributed by atoms with Gasteiger partial charge >= 0.3 is 0 Å². The summed E-state index contributed by atoms with van der Waals surface area (Å²) in [7, 11) is 0. The molecule has 2 aliphatic heterocycles. The molecule has 0 N–H and O–H groups in total. The number of hydrogen-bond acceptors (Lipinski definition) is 3. The highest BCUT2D eigenvalue weighted by Gasteiger charge is 2.33. The van der Waals surface area contributed by atoms with Crippen LogP contribution in [0.2, 0.25) is 0 Å². The number of hydrogen-bond donors (Lipinski definition) is 0. The van der Waals surface area contributed by atoms with Crippen molar-refractivity contribution in [2.24, 2.45) is 11.8 Å². The monoisotopic (exact) mass is 1310 g/mol. The molecule has 0 saturated heterocycles. The molecule has 4 unspecified atom stereocenters. The number of terminal acetylenes is 1. The molecule has 4 aliphatic rings. The average Bonchev–Trinajstić information content (AvgIpc) is 1.68. The summed E-state index contributed by atoms with van der Waals surface area (Å²) in [5, 5.41) is 2.63. The standard InChI is InChI=1S/C94H88S3/c1-10-14-41-86(81(29-11-2)64(6)12-3)89(65(7)13-4)53-67-32-22-33-68(52-67)78-58-79(71-36-25-38-73(56-71)84-45-27-43-82-66(8)31-16-15-20-49-96-92(82)84)62-94(9,61-78)80-59-76(69-34-23-37-72(54-69)83-44-26-40-75-51-63(5)30-19-21-50-95-91(75)83)57-77(60-80)70-35-24-39-74(55-70)85-46-28-47-88-87-42-17-18-48-90(87)97-93(85)88/h1,11,14-29,31-36,38-48,52,54-60,62-63,65,72H,8,12-13,30,37,49-51,53,61H2,2-7,9H3/b20-15-,21-19-,29-11-,31-16-,41-14-,81-64+,89-86-. The van der Waals surface area contributed by atoms with Crippen LogP contribution in [-0.4, -0.2) is 11.5 Å². The highest BCUT2D eigenvalue weighted by atomic mass is 32.2. The van der Waals surface area contributed by atoms with Crippen LogP contribution in [0.15, 0.2) is 300 Å². The summed E-state index contributed by atoms with van der Waals surface area (Å²) in [4.78, 5) is 2.73. The van der Waals surface area contributed by atoms with E-state index in [0.717, 1.165) is 62.0 Å². The average molecular weight is 1310 g/mol. The van der Waals surface area contributed by atoms with E-state index in [4.69, 9.17) is 6.42 Å². The van der Waals surface area contributed by atoms with Gasteiger partial charge in [-0.1, -0.05) is 283 Å². The minimum atomic E-state index is -0.463. The molecule has 0 radical (unpaired) electrons. The van der Waals surface area contributed by atoms with Crippen molar-refractivity contribution in [3.8, 4) is 45.7 Å². The predicted molar refractivity (Wildman–Crippen MR) is 429 cm³/mol. The Balaban J connectivity index is 0.993. The second-order valence-corrected chi connectivity index (χ2v) is 30.2. The van der Waals surface area contributed by atoms with Gasteiger partial charge in [0.1, 0.15) is 0 Å². The maximum Gasteiger partial charge on any atom is 0.0433 e. The largest absolute Gasteiger partial charge is 0.135 e. The molecule has 13 rings (SSSR count). The van der Waals surface area contributed by atoms with Gasteiger partial charge in [0.15, 0.2) is 0 Å². The van der Waals surface area contributed by atoms with E-state index in [0.29, 0.717) is 11.8 Å². The van der Waals surface area contributed by atoms with Crippen molar-refractivity contribution in [3.63, 3.8) is 0 Å². The molecule has 0 saturated carbocycles. The van der Waals surface area contributed by atoms with E-state index in [2.05, 4.69) is 316 Å². The Kier molecular flexibility index (Phi) is 20.8. The molecule has 8 aromatic carbocycles. The molecule has 9 aromatic rings. The Morgan fingerprint density at radius 1 is 0.660 bits per heavy atom. The molecular weight excluding hydrogens is 1230 g/mol. The molecule has 97 heavy (non-hydrogen) atoms. The summed E-state index contributed by atoms with van der Waals surface area (Å²) in [6, 6.07) is 65.3. The predicted octanol–water partition coefficient (Wildman–Crippen LogP) is 26.9. The summed E-state index contributed by atoms with van der Waals surface area (Å²) in [5.74, 6) is 5.88. The lowest BCUT2D eigenvalue weighted by atomic mass is 9.69. The van der Waals surface area contributed by atoms with Crippen LogP contribution in [-0.2, 0) is 18.3 Å². The first-order valence-corrected chi connectivity index (χ1v) is 37.7. The van der Waals surface area contributed by atoms with Gasteiger partial charge in [0.05, 0.1) is 0 Å². The molecular formula is C94H88S3. The van der Waals surface area contributed by atoms with Crippen molar-refractivity contribution in [1.82, 2.24) is 0 Å². The smallest absolute Gasteiger partial charge is 0.0433 e. The fourth-order valence-corrected chi connectivity index (χ4v) is 18.2. The zero-order chi connectivity index (χ0) is 67.0. The highest BCUT2D eigenvalue weighted by molar-refractivity contribution is 7.99. The first kappa shape index (κ1) is 66.7. The van der Waals surface area contributed by atoms with Crippen LogP contribution in [0.1, 0.15) is 131 Å². The van der Waals surface area contributed by atoms with Crippen molar-refractivity contribution in [2.45, 2.75) is 115 Å². The van der Waals surface area contributed by atoms with Crippen LogP contribution in [0.3, 0.4) is 0 Å². The Morgan fingerprint density at radius 3 is 2.22 bits per heavy atom. The van der Waals surface area contributed by atoms with Gasteiger partial charge < -0.3 is 0 Å². The van der Waals surface area contributed by atoms with Crippen molar-refractivity contribution in [2.75, 3.05) is 11.5 Å². The summed E-state index contributed by atoms with van der Waals surface area (Å²) in [6.45, 7) is 20.8. The van der Waals surface area contributed by atoms with Crippen molar-refractivity contribution in [1.29, 1.82) is 0 Å². The zero-order valence-corrected chi connectivity index (χ0v) is 59.9. The molecule has 1 aromatic heterocycles. The second kappa shape index (κ2) is 30.3. The van der Waals surface area contributed by atoms with Crippen LogP contribution < -0.4 is 0 Å². The van der Waals surface area contributed by atoms with Gasteiger partial charge in [-0.2, -0.15) is 0 Å². The van der Waals surface area contributed by atoms with Crippen molar-refractivity contribution >= 4 is 77.3 Å². The molecule has 0 fully saturated rings. The number of rotatable bonds is 16. The number of allylic oxidation sites excluding steroid dienone is 21. The molecule has 0 spiro atoms. The van der Waals surface area contributed by atoms with Gasteiger partial charge in [0.25, 0.3) is 0 Å². The number of thioether (sulfide) groups is 2. The van der Waals surface area contributed by atoms with Gasteiger partial charge in [-0.15, -0.1) is 41.3 Å². The fraction of sp³-hybridized carbons (Fsp3) is 0.213.